The van der Waals surface area contributed by atoms with E-state index in [1.807, 2.05) is 103 Å². The summed E-state index contributed by atoms with van der Waals surface area (Å²) in [5.41, 5.74) is 5.09. The van der Waals surface area contributed by atoms with Crippen molar-refractivity contribution in [1.29, 1.82) is 5.26 Å². The first-order chi connectivity index (χ1) is 17.3. The molecule has 1 N–H and O–H groups in total. The standard InChI is InChI=1S/C30H23N3O2/c31-19-25(30-32-26-13-7-8-14-27(26)33-30)17-24-15-16-28(34-20-22-9-3-1-4-10-22)29(18-24)35-21-23-11-5-2-6-12-23/h1-18H,20-21H2,(H,32,33). The zero-order chi connectivity index (χ0) is 23.9. The number of fused-ring (bicyclic) bond motifs is 1. The highest BCUT2D eigenvalue weighted by Gasteiger charge is 2.11. The lowest BCUT2D eigenvalue weighted by atomic mass is 10.1. The van der Waals surface area contributed by atoms with Crippen molar-refractivity contribution in [2.75, 3.05) is 0 Å². The lowest BCUT2D eigenvalue weighted by molar-refractivity contribution is 0.256. The molecule has 0 fully saturated rings. The van der Waals surface area contributed by atoms with Crippen LogP contribution in [-0.4, -0.2) is 9.97 Å². The van der Waals surface area contributed by atoms with E-state index >= 15 is 0 Å². The van der Waals surface area contributed by atoms with Gasteiger partial charge in [-0.3, -0.25) is 0 Å². The van der Waals surface area contributed by atoms with E-state index in [0.29, 0.717) is 36.1 Å². The van der Waals surface area contributed by atoms with Crippen molar-refractivity contribution in [2.45, 2.75) is 13.2 Å². The predicted molar refractivity (Wildman–Crippen MR) is 138 cm³/mol. The summed E-state index contributed by atoms with van der Waals surface area (Å²) in [5, 5.41) is 9.82. The van der Waals surface area contributed by atoms with E-state index in [2.05, 4.69) is 16.0 Å². The van der Waals surface area contributed by atoms with Crippen molar-refractivity contribution in [3.05, 3.63) is 126 Å². The van der Waals surface area contributed by atoms with Gasteiger partial charge < -0.3 is 14.5 Å². The first kappa shape index (κ1) is 22.0. The summed E-state index contributed by atoms with van der Waals surface area (Å²) in [4.78, 5) is 7.78. The quantitative estimate of drug-likeness (QED) is 0.261. The molecule has 0 unspecified atom stereocenters. The molecule has 0 bridgehead atoms. The number of nitrogens with zero attached hydrogens (tertiary/aromatic N) is 2. The molecule has 0 saturated heterocycles. The van der Waals surface area contributed by atoms with Crippen LogP contribution in [-0.2, 0) is 13.2 Å². The Balaban J connectivity index is 1.44. The Labute approximate surface area is 203 Å². The number of H-pyrrole nitrogens is 1. The summed E-state index contributed by atoms with van der Waals surface area (Å²) >= 11 is 0. The maximum absolute atomic E-state index is 9.82. The van der Waals surface area contributed by atoms with Crippen molar-refractivity contribution in [2.24, 2.45) is 0 Å². The Bertz CT molecular complexity index is 1470. The van der Waals surface area contributed by atoms with Gasteiger partial charge in [0.05, 0.1) is 16.6 Å². The summed E-state index contributed by atoms with van der Waals surface area (Å²) < 4.78 is 12.3. The van der Waals surface area contributed by atoms with Crippen LogP contribution in [0.25, 0.3) is 22.7 Å². The summed E-state index contributed by atoms with van der Waals surface area (Å²) in [6.07, 6.45) is 1.80. The molecule has 5 nitrogen and oxygen atoms in total. The Morgan fingerprint density at radius 2 is 1.40 bits per heavy atom. The number of aromatic amines is 1. The van der Waals surface area contributed by atoms with Gasteiger partial charge in [-0.2, -0.15) is 5.26 Å². The first-order valence-electron chi connectivity index (χ1n) is 11.3. The molecule has 5 rings (SSSR count). The second-order valence-electron chi connectivity index (χ2n) is 8.03. The number of aromatic nitrogens is 2. The molecule has 35 heavy (non-hydrogen) atoms. The van der Waals surface area contributed by atoms with E-state index < -0.39 is 0 Å². The number of para-hydroxylation sites is 2. The van der Waals surface area contributed by atoms with Crippen molar-refractivity contribution in [1.82, 2.24) is 9.97 Å². The van der Waals surface area contributed by atoms with Gasteiger partial charge in [-0.15, -0.1) is 0 Å². The number of rotatable bonds is 8. The van der Waals surface area contributed by atoms with Crippen LogP contribution in [0.2, 0.25) is 0 Å². The van der Waals surface area contributed by atoms with Crippen LogP contribution < -0.4 is 9.47 Å². The number of benzene rings is 4. The smallest absolute Gasteiger partial charge is 0.162 e. The van der Waals surface area contributed by atoms with Gasteiger partial charge in [0.1, 0.15) is 25.1 Å². The number of ether oxygens (including phenoxy) is 2. The number of hydrogen-bond acceptors (Lipinski definition) is 4. The SMILES string of the molecule is N#CC(=Cc1ccc(OCc2ccccc2)c(OCc2ccccc2)c1)c1nc2ccccc2[nH]1. The molecule has 0 aliphatic heterocycles. The highest BCUT2D eigenvalue weighted by atomic mass is 16.5. The number of imidazole rings is 1. The number of nitrogens with one attached hydrogen (secondary N) is 1. The van der Waals surface area contributed by atoms with Crippen LogP contribution in [0.1, 0.15) is 22.5 Å². The predicted octanol–water partition coefficient (Wildman–Crippen LogP) is 6.79. The van der Waals surface area contributed by atoms with E-state index in [1.54, 1.807) is 6.08 Å². The van der Waals surface area contributed by atoms with E-state index in [9.17, 15) is 5.26 Å². The van der Waals surface area contributed by atoms with Gasteiger partial charge in [0.2, 0.25) is 0 Å². The van der Waals surface area contributed by atoms with Crippen LogP contribution in [0, 0.1) is 11.3 Å². The minimum Gasteiger partial charge on any atom is -0.485 e. The fourth-order valence-electron chi connectivity index (χ4n) is 3.72. The fourth-order valence-corrected chi connectivity index (χ4v) is 3.72. The fraction of sp³-hybridized carbons (Fsp3) is 0.0667. The lowest BCUT2D eigenvalue weighted by Gasteiger charge is -2.14. The molecule has 0 radical (unpaired) electrons. The average Bonchev–Trinajstić information content (AvgIpc) is 3.35. The minimum absolute atomic E-state index is 0.407. The Morgan fingerprint density at radius 1 is 0.771 bits per heavy atom. The molecule has 1 heterocycles. The normalized spacial score (nSPS) is 11.2. The molecule has 0 aliphatic carbocycles. The number of allylic oxidation sites excluding steroid dienone is 1. The third-order valence-corrected chi connectivity index (χ3v) is 5.52. The zero-order valence-corrected chi connectivity index (χ0v) is 19.0. The molecule has 0 aliphatic rings. The molecule has 0 spiro atoms. The summed E-state index contributed by atoms with van der Waals surface area (Å²) in [6.45, 7) is 0.838. The van der Waals surface area contributed by atoms with Crippen LogP contribution in [0.3, 0.4) is 0 Å². The lowest BCUT2D eigenvalue weighted by Crippen LogP contribution is -2.01. The first-order valence-corrected chi connectivity index (χ1v) is 11.3. The molecule has 170 valence electrons. The van der Waals surface area contributed by atoms with Crippen molar-refractivity contribution in [3.63, 3.8) is 0 Å². The molecule has 0 amide bonds. The third-order valence-electron chi connectivity index (χ3n) is 5.52. The van der Waals surface area contributed by atoms with E-state index in [0.717, 1.165) is 27.7 Å². The maximum atomic E-state index is 9.82. The topological polar surface area (TPSA) is 70.9 Å². The molecule has 0 saturated carbocycles. The van der Waals surface area contributed by atoms with Crippen molar-refractivity contribution >= 4 is 22.7 Å². The largest absolute Gasteiger partial charge is 0.485 e. The third kappa shape index (κ3) is 5.40. The average molecular weight is 458 g/mol. The summed E-state index contributed by atoms with van der Waals surface area (Å²) in [6, 6.07) is 35.6. The van der Waals surface area contributed by atoms with Gasteiger partial charge >= 0.3 is 0 Å². The number of nitriles is 1. The van der Waals surface area contributed by atoms with Gasteiger partial charge in [-0.25, -0.2) is 4.98 Å². The van der Waals surface area contributed by atoms with Gasteiger partial charge in [-0.1, -0.05) is 78.9 Å². The Kier molecular flexibility index (Phi) is 6.54. The molecule has 1 aromatic heterocycles. The monoisotopic (exact) mass is 457 g/mol. The van der Waals surface area contributed by atoms with E-state index in [4.69, 9.17) is 9.47 Å². The zero-order valence-electron chi connectivity index (χ0n) is 19.0. The van der Waals surface area contributed by atoms with Crippen LogP contribution in [0.15, 0.2) is 103 Å². The van der Waals surface area contributed by atoms with Crippen molar-refractivity contribution in [3.8, 4) is 17.6 Å². The van der Waals surface area contributed by atoms with Gasteiger partial charge in [0.15, 0.2) is 11.5 Å². The highest BCUT2D eigenvalue weighted by molar-refractivity contribution is 5.90. The Morgan fingerprint density at radius 3 is 2.06 bits per heavy atom. The van der Waals surface area contributed by atoms with Crippen LogP contribution in [0.4, 0.5) is 0 Å². The van der Waals surface area contributed by atoms with Crippen LogP contribution >= 0.6 is 0 Å². The molecular formula is C30H23N3O2. The Hall–Kier alpha value is -4.82. The molecule has 0 atom stereocenters. The second kappa shape index (κ2) is 10.4. The van der Waals surface area contributed by atoms with Crippen LogP contribution in [0.5, 0.6) is 11.5 Å². The maximum Gasteiger partial charge on any atom is 0.162 e. The van der Waals surface area contributed by atoms with Crippen molar-refractivity contribution < 1.29 is 9.47 Å². The van der Waals surface area contributed by atoms with E-state index in [-0.39, 0.29) is 0 Å². The molecular weight excluding hydrogens is 434 g/mol. The molecule has 5 aromatic rings. The van der Waals surface area contributed by atoms with Gasteiger partial charge in [0.25, 0.3) is 0 Å². The second-order valence-corrected chi connectivity index (χ2v) is 8.03. The summed E-state index contributed by atoms with van der Waals surface area (Å²) in [7, 11) is 0. The molecule has 4 aromatic carbocycles. The number of hydrogen-bond donors (Lipinski definition) is 1. The van der Waals surface area contributed by atoms with Gasteiger partial charge in [-0.05, 0) is 47.0 Å². The van der Waals surface area contributed by atoms with Gasteiger partial charge in [0, 0.05) is 0 Å². The van der Waals surface area contributed by atoms with E-state index in [1.165, 1.54) is 0 Å². The molecule has 5 heteroatoms. The summed E-state index contributed by atoms with van der Waals surface area (Å²) in [5.74, 6) is 1.79. The highest BCUT2D eigenvalue weighted by Crippen LogP contribution is 2.31. The minimum atomic E-state index is 0.407.